The van der Waals surface area contributed by atoms with E-state index in [0.717, 1.165) is 19.7 Å². The minimum absolute atomic E-state index is 0.170. The third-order valence-corrected chi connectivity index (χ3v) is 3.57. The molecule has 0 aromatic carbocycles. The van der Waals surface area contributed by atoms with Crippen LogP contribution in [0.5, 0.6) is 0 Å². The molecule has 3 nitrogen and oxygen atoms in total. The zero-order valence-corrected chi connectivity index (χ0v) is 11.4. The molecule has 0 amide bonds. The Balaban J connectivity index is 0.000000606. The number of hydrogen-bond acceptors (Lipinski definition) is 3. The van der Waals surface area contributed by atoms with E-state index >= 15 is 0 Å². The van der Waals surface area contributed by atoms with Gasteiger partial charge in [0.05, 0.1) is 12.2 Å². The summed E-state index contributed by atoms with van der Waals surface area (Å²) in [7, 11) is 0. The number of rotatable bonds is 1. The normalized spacial score (nSPS) is 25.3. The molecule has 3 heteroatoms. The summed E-state index contributed by atoms with van der Waals surface area (Å²) >= 11 is 0. The minimum atomic E-state index is 0.170. The maximum Gasteiger partial charge on any atom is 0.0831 e. The van der Waals surface area contributed by atoms with Crippen LogP contribution in [-0.2, 0) is 4.74 Å². The van der Waals surface area contributed by atoms with Crippen molar-refractivity contribution < 1.29 is 4.74 Å². The van der Waals surface area contributed by atoms with Crippen molar-refractivity contribution in [3.8, 4) is 0 Å². The molecule has 0 aliphatic carbocycles. The average molecular weight is 228 g/mol. The lowest BCUT2D eigenvalue weighted by molar-refractivity contribution is -0.102. The summed E-state index contributed by atoms with van der Waals surface area (Å²) in [6.07, 6.45) is 2.39. The Morgan fingerprint density at radius 2 is 1.81 bits per heavy atom. The topological polar surface area (TPSA) is 24.5 Å². The minimum Gasteiger partial charge on any atom is -0.372 e. The second-order valence-corrected chi connectivity index (χ2v) is 4.84. The van der Waals surface area contributed by atoms with Crippen molar-refractivity contribution in [1.29, 1.82) is 0 Å². The van der Waals surface area contributed by atoms with Gasteiger partial charge < -0.3 is 15.0 Å². The average Bonchev–Trinajstić information content (AvgIpc) is 2.33. The molecule has 0 bridgehead atoms. The highest BCUT2D eigenvalue weighted by Gasteiger charge is 2.37. The molecule has 2 heterocycles. The molecule has 2 rings (SSSR count). The van der Waals surface area contributed by atoms with E-state index in [1.54, 1.807) is 0 Å². The van der Waals surface area contributed by atoms with Gasteiger partial charge in [-0.05, 0) is 26.7 Å². The molecule has 96 valence electrons. The maximum atomic E-state index is 5.95. The molecule has 2 aliphatic heterocycles. The fourth-order valence-electron chi connectivity index (χ4n) is 2.48. The Morgan fingerprint density at radius 1 is 1.19 bits per heavy atom. The highest BCUT2D eigenvalue weighted by Crippen LogP contribution is 2.28. The quantitative estimate of drug-likeness (QED) is 0.741. The predicted molar refractivity (Wildman–Crippen MR) is 68.8 cm³/mol. The molecule has 2 saturated heterocycles. The van der Waals surface area contributed by atoms with Crippen molar-refractivity contribution in [2.45, 2.75) is 52.2 Å². The molecule has 0 unspecified atom stereocenters. The van der Waals surface area contributed by atoms with Gasteiger partial charge in [0, 0.05) is 32.2 Å². The van der Waals surface area contributed by atoms with Gasteiger partial charge in [0.25, 0.3) is 0 Å². The second kappa shape index (κ2) is 6.58. The SMILES string of the molecule is CC.CC(C)N1CCC2(CC1)CNCCO2. The van der Waals surface area contributed by atoms with Gasteiger partial charge in [-0.1, -0.05) is 13.8 Å². The smallest absolute Gasteiger partial charge is 0.0831 e. The first-order chi connectivity index (χ1) is 7.72. The Bertz CT molecular complexity index is 178. The Hall–Kier alpha value is -0.120. The van der Waals surface area contributed by atoms with E-state index in [1.807, 2.05) is 13.8 Å². The van der Waals surface area contributed by atoms with Crippen LogP contribution in [0.15, 0.2) is 0 Å². The van der Waals surface area contributed by atoms with E-state index in [1.165, 1.54) is 25.9 Å². The highest BCUT2D eigenvalue weighted by molar-refractivity contribution is 4.92. The molecular weight excluding hydrogens is 200 g/mol. The standard InChI is InChI=1S/C11H22N2O.C2H6/c1-10(2)13-6-3-11(4-7-13)9-12-5-8-14-11;1-2/h10,12H,3-9H2,1-2H3;1-2H3. The molecule has 0 radical (unpaired) electrons. The molecule has 0 atom stereocenters. The fourth-order valence-corrected chi connectivity index (χ4v) is 2.48. The number of nitrogens with one attached hydrogen (secondary N) is 1. The lowest BCUT2D eigenvalue weighted by Crippen LogP contribution is -2.56. The molecular formula is C13H28N2O. The van der Waals surface area contributed by atoms with Crippen molar-refractivity contribution in [2.24, 2.45) is 0 Å². The van der Waals surface area contributed by atoms with Gasteiger partial charge >= 0.3 is 0 Å². The number of hydrogen-bond donors (Lipinski definition) is 1. The Morgan fingerprint density at radius 3 is 2.25 bits per heavy atom. The van der Waals surface area contributed by atoms with Crippen LogP contribution in [-0.4, -0.2) is 49.3 Å². The molecule has 2 aliphatic rings. The van der Waals surface area contributed by atoms with Gasteiger partial charge in [0.1, 0.15) is 0 Å². The third-order valence-electron chi connectivity index (χ3n) is 3.57. The van der Waals surface area contributed by atoms with Crippen LogP contribution in [0.2, 0.25) is 0 Å². The molecule has 0 aromatic rings. The number of ether oxygens (including phenoxy) is 1. The summed E-state index contributed by atoms with van der Waals surface area (Å²) in [5.74, 6) is 0. The lowest BCUT2D eigenvalue weighted by atomic mass is 9.89. The number of piperidine rings is 1. The summed E-state index contributed by atoms with van der Waals surface area (Å²) < 4.78 is 5.95. The van der Waals surface area contributed by atoms with E-state index in [0.29, 0.717) is 6.04 Å². The lowest BCUT2D eigenvalue weighted by Gasteiger charge is -2.45. The zero-order chi connectivity index (χ0) is 12.0. The van der Waals surface area contributed by atoms with E-state index in [4.69, 9.17) is 4.74 Å². The maximum absolute atomic E-state index is 5.95. The van der Waals surface area contributed by atoms with E-state index in [-0.39, 0.29) is 5.60 Å². The fraction of sp³-hybridized carbons (Fsp3) is 1.00. The molecule has 0 aromatic heterocycles. The van der Waals surface area contributed by atoms with Gasteiger partial charge in [-0.2, -0.15) is 0 Å². The summed E-state index contributed by atoms with van der Waals surface area (Å²) in [5, 5.41) is 3.45. The van der Waals surface area contributed by atoms with Gasteiger partial charge in [0.2, 0.25) is 0 Å². The second-order valence-electron chi connectivity index (χ2n) is 4.84. The van der Waals surface area contributed by atoms with Crippen LogP contribution in [0.1, 0.15) is 40.5 Å². The molecule has 16 heavy (non-hydrogen) atoms. The third kappa shape index (κ3) is 3.44. The molecule has 1 spiro atoms. The number of nitrogens with zero attached hydrogens (tertiary/aromatic N) is 1. The summed E-state index contributed by atoms with van der Waals surface area (Å²) in [6.45, 7) is 13.9. The van der Waals surface area contributed by atoms with Gasteiger partial charge in [0.15, 0.2) is 0 Å². The van der Waals surface area contributed by atoms with Crippen molar-refractivity contribution in [3.05, 3.63) is 0 Å². The Labute approximate surface area is 101 Å². The zero-order valence-electron chi connectivity index (χ0n) is 11.4. The van der Waals surface area contributed by atoms with Crippen LogP contribution in [0, 0.1) is 0 Å². The molecule has 1 N–H and O–H groups in total. The highest BCUT2D eigenvalue weighted by atomic mass is 16.5. The van der Waals surface area contributed by atoms with Crippen LogP contribution in [0.25, 0.3) is 0 Å². The van der Waals surface area contributed by atoms with Crippen molar-refractivity contribution in [1.82, 2.24) is 10.2 Å². The number of likely N-dealkylation sites (tertiary alicyclic amines) is 1. The summed E-state index contributed by atoms with van der Waals surface area (Å²) in [6, 6.07) is 0.684. The van der Waals surface area contributed by atoms with E-state index in [9.17, 15) is 0 Å². The molecule has 2 fully saturated rings. The van der Waals surface area contributed by atoms with Crippen molar-refractivity contribution >= 4 is 0 Å². The van der Waals surface area contributed by atoms with Crippen LogP contribution < -0.4 is 5.32 Å². The first kappa shape index (κ1) is 13.9. The largest absolute Gasteiger partial charge is 0.372 e. The summed E-state index contributed by atoms with van der Waals surface area (Å²) in [4.78, 5) is 2.54. The molecule has 0 saturated carbocycles. The monoisotopic (exact) mass is 228 g/mol. The Kier molecular flexibility index (Phi) is 5.73. The number of morpholine rings is 1. The van der Waals surface area contributed by atoms with E-state index < -0.39 is 0 Å². The predicted octanol–water partition coefficient (Wildman–Crippen LogP) is 1.88. The van der Waals surface area contributed by atoms with Crippen molar-refractivity contribution in [3.63, 3.8) is 0 Å². The van der Waals surface area contributed by atoms with Crippen molar-refractivity contribution in [2.75, 3.05) is 32.8 Å². The van der Waals surface area contributed by atoms with Gasteiger partial charge in [-0.3, -0.25) is 0 Å². The summed E-state index contributed by atoms with van der Waals surface area (Å²) in [5.41, 5.74) is 0.170. The van der Waals surface area contributed by atoms with Gasteiger partial charge in [-0.25, -0.2) is 0 Å². The van der Waals surface area contributed by atoms with E-state index in [2.05, 4.69) is 24.1 Å². The van der Waals surface area contributed by atoms with Gasteiger partial charge in [-0.15, -0.1) is 0 Å². The van der Waals surface area contributed by atoms with Crippen LogP contribution >= 0.6 is 0 Å². The van der Waals surface area contributed by atoms with Crippen LogP contribution in [0.3, 0.4) is 0 Å². The van der Waals surface area contributed by atoms with Crippen LogP contribution in [0.4, 0.5) is 0 Å². The first-order valence-electron chi connectivity index (χ1n) is 6.81. The first-order valence-corrected chi connectivity index (χ1v) is 6.81.